The van der Waals surface area contributed by atoms with Crippen LogP contribution in [0.2, 0.25) is 15.5 Å². The molecule has 0 saturated carbocycles. The molecule has 0 aliphatic carbocycles. The van der Waals surface area contributed by atoms with Gasteiger partial charge in [0.15, 0.2) is 21.2 Å². The van der Waals surface area contributed by atoms with Gasteiger partial charge in [0.2, 0.25) is 5.91 Å². The number of aromatic nitrogens is 12. The number of hydrogen-bond acceptors (Lipinski definition) is 14. The number of carbonyl (C=O) groups excluding carboxylic acids is 1. The molecule has 2 N–H and O–H groups in total. The fourth-order valence-corrected chi connectivity index (χ4v) is 7.45. The van der Waals surface area contributed by atoms with Crippen LogP contribution in [0.25, 0.3) is 17.1 Å². The molecule has 382 valence electrons. The van der Waals surface area contributed by atoms with Crippen molar-refractivity contribution >= 4 is 87.2 Å². The van der Waals surface area contributed by atoms with Crippen molar-refractivity contribution in [3.63, 3.8) is 0 Å². The molecule has 1 fully saturated rings. The summed E-state index contributed by atoms with van der Waals surface area (Å²) in [5.41, 5.74) is 9.30. The lowest BCUT2D eigenvalue weighted by atomic mass is 10.2. The van der Waals surface area contributed by atoms with Crippen LogP contribution in [-0.2, 0) is 4.79 Å². The first-order valence-corrected chi connectivity index (χ1v) is 23.7. The monoisotopic (exact) mass is 1100 g/mol. The quantitative estimate of drug-likeness (QED) is 0.158. The number of anilines is 2. The first-order chi connectivity index (χ1) is 35.2. The van der Waals surface area contributed by atoms with Crippen LogP contribution < -0.4 is 15.4 Å². The van der Waals surface area contributed by atoms with E-state index in [1.807, 2.05) is 104 Å². The molecule has 19 nitrogen and oxygen atoms in total. The van der Waals surface area contributed by atoms with Gasteiger partial charge in [0.25, 0.3) is 0 Å². The molecule has 11 rings (SSSR count). The third-order valence-electron chi connectivity index (χ3n) is 9.91. The number of carboxylic acids is 1. The van der Waals surface area contributed by atoms with E-state index in [4.69, 9.17) is 51.5 Å². The van der Waals surface area contributed by atoms with Crippen LogP contribution >= 0.6 is 58.8 Å². The minimum Gasteiger partial charge on any atom is -0.477 e. The highest BCUT2D eigenvalue weighted by Gasteiger charge is 2.26. The van der Waals surface area contributed by atoms with Gasteiger partial charge in [0, 0.05) is 67.8 Å². The van der Waals surface area contributed by atoms with E-state index in [9.17, 15) is 9.59 Å². The van der Waals surface area contributed by atoms with E-state index < -0.39 is 5.97 Å². The maximum absolute atomic E-state index is 11.1. The van der Waals surface area contributed by atoms with Gasteiger partial charge < -0.3 is 5.11 Å². The van der Waals surface area contributed by atoms with Crippen molar-refractivity contribution in [1.82, 2.24) is 64.7 Å². The Morgan fingerprint density at radius 2 is 1.07 bits per heavy atom. The van der Waals surface area contributed by atoms with E-state index >= 15 is 0 Å². The number of hydrogen-bond donors (Lipinski definition) is 2. The number of hydrazine groups is 1. The number of aromatic carboxylic acids is 1. The number of nitrogens with zero attached hydrogens (tertiary/aromatic N) is 15. The van der Waals surface area contributed by atoms with Gasteiger partial charge in [-0.1, -0.05) is 52.5 Å². The highest BCUT2D eigenvalue weighted by molar-refractivity contribution is 6.65. The number of amides is 1. The van der Waals surface area contributed by atoms with Crippen LogP contribution in [-0.4, -0.2) is 93.5 Å². The van der Waals surface area contributed by atoms with Crippen LogP contribution in [0.4, 0.5) is 11.4 Å². The number of carboxylic acid groups (broad SMARTS) is 1. The number of carbonyl (C=O) groups is 2. The maximum Gasteiger partial charge on any atom is 0.354 e. The lowest BCUT2D eigenvalue weighted by Crippen LogP contribution is -2.37. The Kier molecular flexibility index (Phi) is 22.4. The van der Waals surface area contributed by atoms with Crippen LogP contribution in [0.1, 0.15) is 48.4 Å². The van der Waals surface area contributed by atoms with E-state index in [0.29, 0.717) is 33.6 Å². The molecule has 24 heteroatoms. The summed E-state index contributed by atoms with van der Waals surface area (Å²) in [6.07, 6.45) is 23.8. The molecule has 2 unspecified atom stereocenters. The molecule has 2 aliphatic heterocycles. The van der Waals surface area contributed by atoms with Gasteiger partial charge in [-0.15, -0.1) is 12.4 Å². The summed E-state index contributed by atoms with van der Waals surface area (Å²) in [5, 5.41) is 30.7. The van der Waals surface area contributed by atoms with Crippen molar-refractivity contribution in [3.8, 4) is 17.1 Å². The highest BCUT2D eigenvalue weighted by atomic mass is 35.5. The third-order valence-corrected chi connectivity index (χ3v) is 10.7. The van der Waals surface area contributed by atoms with Crippen molar-refractivity contribution in [1.29, 1.82) is 0 Å². The molecule has 1 amide bonds. The summed E-state index contributed by atoms with van der Waals surface area (Å²) >= 11 is 22.9. The molecule has 11 heterocycles. The van der Waals surface area contributed by atoms with Crippen LogP contribution in [0.3, 0.4) is 0 Å². The first-order valence-electron chi connectivity index (χ1n) is 22.2. The zero-order valence-electron chi connectivity index (χ0n) is 40.1. The van der Waals surface area contributed by atoms with Crippen molar-refractivity contribution in [2.24, 2.45) is 5.10 Å². The zero-order valence-corrected chi connectivity index (χ0v) is 44.0. The van der Waals surface area contributed by atoms with Crippen molar-refractivity contribution < 1.29 is 14.7 Å². The molecule has 9 aromatic rings. The molecule has 2 atom stereocenters. The molecule has 0 bridgehead atoms. The van der Waals surface area contributed by atoms with Gasteiger partial charge >= 0.3 is 5.97 Å². The Morgan fingerprint density at radius 1 is 0.581 bits per heavy atom. The summed E-state index contributed by atoms with van der Waals surface area (Å²) in [7, 11) is 0. The Hall–Kier alpha value is -7.81. The summed E-state index contributed by atoms with van der Waals surface area (Å²) in [6, 6.07) is 27.9. The smallest absolute Gasteiger partial charge is 0.354 e. The molecule has 0 aromatic carbocycles. The molecule has 0 spiro atoms. The number of aryl methyl sites for hydroxylation is 2. The van der Waals surface area contributed by atoms with E-state index in [-0.39, 0.29) is 35.2 Å². The van der Waals surface area contributed by atoms with Gasteiger partial charge in [0.05, 0.1) is 77.9 Å². The van der Waals surface area contributed by atoms with Crippen molar-refractivity contribution in [2.45, 2.75) is 52.6 Å². The molecular weight excluding hydrogens is 1050 g/mol. The molecule has 2 aliphatic rings. The van der Waals surface area contributed by atoms with E-state index in [2.05, 4.69) is 62.7 Å². The Labute approximate surface area is 452 Å². The molecular formula is C50H49Cl5N16O3. The second kappa shape index (κ2) is 29.0. The summed E-state index contributed by atoms with van der Waals surface area (Å²) in [4.78, 5) is 45.7. The Morgan fingerprint density at radius 3 is 1.46 bits per heavy atom. The average Bonchev–Trinajstić information content (AvgIpc) is 4.25. The average molecular weight is 1100 g/mol. The van der Waals surface area contributed by atoms with Gasteiger partial charge in [-0.3, -0.25) is 50.1 Å². The fraction of sp³-hybridized carbons (Fsp3) is 0.160. The third kappa shape index (κ3) is 17.5. The van der Waals surface area contributed by atoms with Gasteiger partial charge in [-0.25, -0.2) is 18.8 Å². The second-order valence-electron chi connectivity index (χ2n) is 15.6. The first kappa shape index (κ1) is 57.1. The zero-order chi connectivity index (χ0) is 52.1. The molecule has 9 aromatic heterocycles. The summed E-state index contributed by atoms with van der Waals surface area (Å²) in [6.45, 7) is 8.07. The minimum atomic E-state index is -1.08. The van der Waals surface area contributed by atoms with Gasteiger partial charge in [-0.05, 0) is 112 Å². The lowest BCUT2D eigenvalue weighted by Gasteiger charge is -2.21. The maximum atomic E-state index is 11.1. The number of rotatable bonds is 6. The fourth-order valence-electron chi connectivity index (χ4n) is 6.59. The van der Waals surface area contributed by atoms with Crippen LogP contribution in [0.5, 0.6) is 0 Å². The largest absolute Gasteiger partial charge is 0.477 e. The highest BCUT2D eigenvalue weighted by Crippen LogP contribution is 2.24. The van der Waals surface area contributed by atoms with Crippen LogP contribution in [0.15, 0.2) is 177 Å². The molecule has 74 heavy (non-hydrogen) atoms. The number of hydrazone groups is 1. The SMILES string of the molecule is CC1CC(=O)NN1c1cccnc1.CC1CC(Cl)=NN1c1cccnc1.Cc1cc(Cl)nn1-c1cccnc1.Cc1cccnc1.Cl.Clc1ccn(-c2cccnc2)n1.O=C(O)c1cc(Cl)nn1-c1cccnc1. The predicted octanol–water partition coefficient (Wildman–Crippen LogP) is 10.5. The van der Waals surface area contributed by atoms with Gasteiger partial charge in [0.1, 0.15) is 5.17 Å². The minimum absolute atomic E-state index is 0. The number of nitrogens with one attached hydrogen (secondary N) is 1. The van der Waals surface area contributed by atoms with Crippen molar-refractivity contribution in [2.75, 3.05) is 10.0 Å². The standard InChI is InChI=1S/C9H6ClN3O2.C9H10ClN3.C9H8ClN3.C9H11N3O.C8H6ClN3.C6H7N.ClH/c10-8-4-7(9(14)15)13(12-8)6-2-1-3-11-5-6;2*1-7-5-9(10)12-13(7)8-3-2-4-11-6-8;1-7-5-9(13)11-12(7)8-3-2-4-10-6-8;9-8-3-5-12(11-8)7-2-1-4-10-6-7;1-6-3-2-4-7-5-6;/h1-5H,(H,14,15);2-4,6-7H,5H2,1H3;2-6H,1H3;2-4,6-7H,5H2,1H3,(H,11,13);1-6H;2-5H,1H3;1H. The molecule has 0 radical (unpaired) electrons. The van der Waals surface area contributed by atoms with E-state index in [0.717, 1.165) is 34.9 Å². The Balaban J connectivity index is 0.000000166. The number of pyridine rings is 6. The topological polar surface area (TPSA) is 216 Å². The normalized spacial score (nSPS) is 14.0. The van der Waals surface area contributed by atoms with E-state index in [1.54, 1.807) is 95.7 Å². The number of halogens is 5. The summed E-state index contributed by atoms with van der Waals surface area (Å²) in [5.74, 6) is -1.02. The summed E-state index contributed by atoms with van der Waals surface area (Å²) < 4.78 is 4.67. The second-order valence-corrected chi connectivity index (χ2v) is 17.2. The van der Waals surface area contributed by atoms with Gasteiger partial charge in [-0.2, -0.15) is 20.4 Å². The van der Waals surface area contributed by atoms with Crippen LogP contribution in [0, 0.1) is 13.8 Å². The lowest BCUT2D eigenvalue weighted by molar-refractivity contribution is -0.119. The molecule has 1 saturated heterocycles. The van der Waals surface area contributed by atoms with E-state index in [1.165, 1.54) is 22.5 Å². The predicted molar refractivity (Wildman–Crippen MR) is 290 cm³/mol. The Bertz CT molecular complexity index is 3120. The van der Waals surface area contributed by atoms with Crippen molar-refractivity contribution in [3.05, 3.63) is 204 Å².